The second-order valence-electron chi connectivity index (χ2n) is 8.47. The molecule has 0 spiro atoms. The van der Waals surface area contributed by atoms with Gasteiger partial charge in [0, 0.05) is 36.3 Å². The fourth-order valence-corrected chi connectivity index (χ4v) is 4.94. The van der Waals surface area contributed by atoms with Crippen LogP contribution in [0, 0.1) is 5.41 Å². The Hall–Kier alpha value is -3.27. The first-order chi connectivity index (χ1) is 15.4. The fourth-order valence-electron chi connectivity index (χ4n) is 4.50. The highest BCUT2D eigenvalue weighted by molar-refractivity contribution is 9.10. The number of anilines is 2. The van der Waals surface area contributed by atoms with Crippen LogP contribution in [0.4, 0.5) is 11.6 Å². The van der Waals surface area contributed by atoms with E-state index >= 15 is 0 Å². The molecular weight excluding hydrogens is 472 g/mol. The smallest absolute Gasteiger partial charge is 0.225 e. The molecule has 2 atom stereocenters. The van der Waals surface area contributed by atoms with Crippen molar-refractivity contribution in [3.05, 3.63) is 41.3 Å². The number of aromatic nitrogens is 5. The second-order valence-corrected chi connectivity index (χ2v) is 9.22. The van der Waals surface area contributed by atoms with Crippen molar-refractivity contribution in [2.75, 3.05) is 18.1 Å². The molecule has 4 N–H and O–H groups in total. The maximum atomic E-state index is 12.2. The maximum Gasteiger partial charge on any atom is 0.225 e. The highest BCUT2D eigenvalue weighted by Crippen LogP contribution is 2.39. The standard InChI is InChI=1S/C22H23BrN8O/c1-22(20(32)25-2)6-5-13(10-22)28-21-27-11-15-18(23)30-31(19(15)29-21)14-8-12-4-3-7-26-17(12)16(24)9-14/h3-4,7-9,11,13H,5-6,10,24H2,1-2H3,(H,25,32)(H,27,28,29)/t13-,22-/m1/s1. The van der Waals surface area contributed by atoms with E-state index < -0.39 is 0 Å². The molecule has 4 aromatic rings. The Balaban J connectivity index is 1.50. The number of benzene rings is 1. The lowest BCUT2D eigenvalue weighted by atomic mass is 9.87. The number of nitrogen functional groups attached to an aromatic ring is 1. The van der Waals surface area contributed by atoms with Gasteiger partial charge in [0.25, 0.3) is 0 Å². The van der Waals surface area contributed by atoms with Crippen LogP contribution in [0.25, 0.3) is 27.6 Å². The lowest BCUT2D eigenvalue weighted by molar-refractivity contribution is -0.129. The van der Waals surface area contributed by atoms with Crippen molar-refractivity contribution in [3.63, 3.8) is 0 Å². The van der Waals surface area contributed by atoms with E-state index in [1.807, 2.05) is 31.2 Å². The zero-order valence-corrected chi connectivity index (χ0v) is 19.3. The number of pyridine rings is 1. The van der Waals surface area contributed by atoms with Crippen molar-refractivity contribution < 1.29 is 4.79 Å². The third kappa shape index (κ3) is 3.44. The molecule has 3 aromatic heterocycles. The fraction of sp³-hybridized carbons (Fsp3) is 0.318. The molecule has 32 heavy (non-hydrogen) atoms. The number of hydrogen-bond donors (Lipinski definition) is 3. The van der Waals surface area contributed by atoms with Crippen molar-refractivity contribution in [1.82, 2.24) is 30.0 Å². The van der Waals surface area contributed by atoms with Gasteiger partial charge in [0.2, 0.25) is 11.9 Å². The van der Waals surface area contributed by atoms with Crippen molar-refractivity contribution in [3.8, 4) is 5.69 Å². The molecule has 0 bridgehead atoms. The van der Waals surface area contributed by atoms with Crippen molar-refractivity contribution in [1.29, 1.82) is 0 Å². The molecule has 3 heterocycles. The van der Waals surface area contributed by atoms with E-state index in [1.54, 1.807) is 24.1 Å². The minimum Gasteiger partial charge on any atom is -0.397 e. The molecule has 10 heteroatoms. The molecule has 1 aliphatic rings. The summed E-state index contributed by atoms with van der Waals surface area (Å²) < 4.78 is 2.40. The van der Waals surface area contributed by atoms with E-state index in [9.17, 15) is 4.79 Å². The number of carbonyl (C=O) groups is 1. The Kier molecular flexibility index (Phi) is 4.96. The molecule has 1 fully saturated rings. The molecule has 0 radical (unpaired) electrons. The molecule has 0 aliphatic heterocycles. The van der Waals surface area contributed by atoms with Crippen LogP contribution >= 0.6 is 15.9 Å². The number of carbonyl (C=O) groups excluding carboxylic acids is 1. The predicted octanol–water partition coefficient (Wildman–Crippen LogP) is 3.43. The zero-order chi connectivity index (χ0) is 22.5. The second kappa shape index (κ2) is 7.70. The monoisotopic (exact) mass is 494 g/mol. The lowest BCUT2D eigenvalue weighted by Crippen LogP contribution is -2.35. The average molecular weight is 495 g/mol. The molecule has 0 unspecified atom stereocenters. The normalized spacial score (nSPS) is 20.7. The Morgan fingerprint density at radius 3 is 3.00 bits per heavy atom. The van der Waals surface area contributed by atoms with Crippen LogP contribution in [0.2, 0.25) is 0 Å². The first-order valence-corrected chi connectivity index (χ1v) is 11.2. The van der Waals surface area contributed by atoms with Crippen LogP contribution in [-0.4, -0.2) is 43.7 Å². The summed E-state index contributed by atoms with van der Waals surface area (Å²) in [6.07, 6.45) is 5.90. The summed E-state index contributed by atoms with van der Waals surface area (Å²) in [5.74, 6) is 0.580. The number of fused-ring (bicyclic) bond motifs is 2. The van der Waals surface area contributed by atoms with E-state index in [-0.39, 0.29) is 17.4 Å². The van der Waals surface area contributed by atoms with E-state index in [4.69, 9.17) is 10.7 Å². The van der Waals surface area contributed by atoms with Crippen LogP contribution in [0.1, 0.15) is 26.2 Å². The zero-order valence-electron chi connectivity index (χ0n) is 17.8. The summed E-state index contributed by atoms with van der Waals surface area (Å²) in [5, 5.41) is 12.5. The van der Waals surface area contributed by atoms with Crippen molar-refractivity contribution >= 4 is 55.4 Å². The van der Waals surface area contributed by atoms with Gasteiger partial charge in [-0.3, -0.25) is 9.78 Å². The number of nitrogens with two attached hydrogens (primary N) is 1. The number of halogens is 1. The quantitative estimate of drug-likeness (QED) is 0.371. The summed E-state index contributed by atoms with van der Waals surface area (Å²) in [5.41, 5.74) is 8.65. The Morgan fingerprint density at radius 2 is 2.19 bits per heavy atom. The van der Waals surface area contributed by atoms with Gasteiger partial charge in [0.1, 0.15) is 4.60 Å². The first-order valence-electron chi connectivity index (χ1n) is 10.4. The molecule has 1 amide bonds. The number of amides is 1. The number of rotatable bonds is 4. The minimum absolute atomic E-state index is 0.0727. The van der Waals surface area contributed by atoms with Crippen molar-refractivity contribution in [2.24, 2.45) is 5.41 Å². The summed E-state index contributed by atoms with van der Waals surface area (Å²) in [6.45, 7) is 2.00. The molecule has 164 valence electrons. The van der Waals surface area contributed by atoms with Gasteiger partial charge in [0.05, 0.1) is 22.3 Å². The van der Waals surface area contributed by atoms with Crippen LogP contribution in [-0.2, 0) is 4.79 Å². The summed E-state index contributed by atoms with van der Waals surface area (Å²) in [6, 6.07) is 7.79. The predicted molar refractivity (Wildman–Crippen MR) is 128 cm³/mol. The van der Waals surface area contributed by atoms with Gasteiger partial charge in [-0.1, -0.05) is 13.0 Å². The summed E-state index contributed by atoms with van der Waals surface area (Å²) in [4.78, 5) is 25.8. The molecular formula is C22H23BrN8O. The van der Waals surface area contributed by atoms with Crippen molar-refractivity contribution in [2.45, 2.75) is 32.2 Å². The van der Waals surface area contributed by atoms with Crippen LogP contribution in [0.15, 0.2) is 41.3 Å². The first kappa shape index (κ1) is 20.6. The molecule has 1 aliphatic carbocycles. The van der Waals surface area contributed by atoms with Crippen LogP contribution < -0.4 is 16.4 Å². The number of hydrogen-bond acceptors (Lipinski definition) is 7. The van der Waals surface area contributed by atoms with E-state index in [2.05, 4.69) is 41.6 Å². The van der Waals surface area contributed by atoms with Gasteiger partial charge in [0.15, 0.2) is 5.65 Å². The number of nitrogens with one attached hydrogen (secondary N) is 2. The van der Waals surface area contributed by atoms with Gasteiger partial charge >= 0.3 is 0 Å². The molecule has 9 nitrogen and oxygen atoms in total. The lowest BCUT2D eigenvalue weighted by Gasteiger charge is -2.22. The molecule has 1 saturated carbocycles. The maximum absolute atomic E-state index is 12.2. The van der Waals surface area contributed by atoms with E-state index in [0.717, 1.165) is 41.2 Å². The third-order valence-electron chi connectivity index (χ3n) is 6.19. The minimum atomic E-state index is -0.377. The van der Waals surface area contributed by atoms with E-state index in [1.165, 1.54) is 0 Å². The van der Waals surface area contributed by atoms with Gasteiger partial charge in [-0.25, -0.2) is 9.67 Å². The van der Waals surface area contributed by atoms with Crippen LogP contribution in [0.5, 0.6) is 0 Å². The SMILES string of the molecule is CNC(=O)[C@]1(C)CC[C@@H](Nc2ncc3c(Br)nn(-c4cc(N)c5ncccc5c4)c3n2)C1. The third-order valence-corrected chi connectivity index (χ3v) is 6.78. The number of nitrogens with zero attached hydrogens (tertiary/aromatic N) is 5. The Labute approximate surface area is 193 Å². The highest BCUT2D eigenvalue weighted by Gasteiger charge is 2.40. The van der Waals surface area contributed by atoms with Gasteiger partial charge in [-0.15, -0.1) is 0 Å². The molecule has 5 rings (SSSR count). The Morgan fingerprint density at radius 1 is 1.34 bits per heavy atom. The molecule has 1 aromatic carbocycles. The largest absolute Gasteiger partial charge is 0.397 e. The summed E-state index contributed by atoms with van der Waals surface area (Å²) >= 11 is 3.51. The topological polar surface area (TPSA) is 124 Å². The van der Waals surface area contributed by atoms with Gasteiger partial charge < -0.3 is 16.4 Å². The van der Waals surface area contributed by atoms with Gasteiger partial charge in [-0.2, -0.15) is 10.1 Å². The Bertz CT molecular complexity index is 1350. The average Bonchev–Trinajstić information content (AvgIpc) is 3.33. The van der Waals surface area contributed by atoms with Gasteiger partial charge in [-0.05, 0) is 53.4 Å². The van der Waals surface area contributed by atoms with Crippen LogP contribution in [0.3, 0.4) is 0 Å². The summed E-state index contributed by atoms with van der Waals surface area (Å²) in [7, 11) is 1.68. The van der Waals surface area contributed by atoms with E-state index in [0.29, 0.717) is 21.9 Å². The molecule has 0 saturated heterocycles. The highest BCUT2D eigenvalue weighted by atomic mass is 79.9.